The number of Topliss-reactive ketones (excluding diaryl/α,β-unsaturated/α-hetero) is 1. The van der Waals surface area contributed by atoms with Gasteiger partial charge in [0.2, 0.25) is 11.8 Å². The molecule has 0 aliphatic heterocycles. The molecule has 0 saturated heterocycles. The quantitative estimate of drug-likeness (QED) is 0.00760. The molecule has 0 bridgehead atoms. The number of unbranched alkanes of at least 4 members (excludes halogenated alkanes) is 24. The van der Waals surface area contributed by atoms with Crippen LogP contribution < -0.4 is 22.2 Å². The summed E-state index contributed by atoms with van der Waals surface area (Å²) in [5.74, 6) is -3.32. The molecule has 0 radical (unpaired) electrons. The lowest BCUT2D eigenvalue weighted by Gasteiger charge is -2.28. The number of aliphatic carboxylic acids is 3. The molecule has 4 atom stereocenters. The van der Waals surface area contributed by atoms with Crippen LogP contribution in [0.4, 0.5) is 0 Å². The van der Waals surface area contributed by atoms with Gasteiger partial charge in [0.15, 0.2) is 11.8 Å². The molecule has 0 rings (SSSR count). The van der Waals surface area contributed by atoms with Crippen molar-refractivity contribution in [2.24, 2.45) is 11.6 Å². The fourth-order valence-electron chi connectivity index (χ4n) is 7.96. The van der Waals surface area contributed by atoms with Gasteiger partial charge in [0, 0.05) is 43.6 Å². The van der Waals surface area contributed by atoms with Crippen molar-refractivity contribution in [2.45, 2.75) is 250 Å². The second kappa shape index (κ2) is 45.3. The number of nitrogens with zero attached hydrogens (tertiary/aromatic N) is 1. The summed E-state index contributed by atoms with van der Waals surface area (Å²) in [6.07, 6.45) is 27.3. The summed E-state index contributed by atoms with van der Waals surface area (Å²) in [5.41, 5.74) is 5.53. The van der Waals surface area contributed by atoms with Crippen LogP contribution in [0.15, 0.2) is 0 Å². The molecule has 3 amide bonds. The van der Waals surface area contributed by atoms with Gasteiger partial charge >= 0.3 is 29.8 Å². The Morgan fingerprint density at radius 1 is 0.528 bits per heavy atom. The summed E-state index contributed by atoms with van der Waals surface area (Å²) >= 11 is 1.18. The van der Waals surface area contributed by atoms with Gasteiger partial charge in [-0.3, -0.25) is 43.4 Å². The standard InChI is InChI=1S/C52H93N5O14S/c1-3-5-7-9-11-13-15-17-19-21-23-25-27-29-47(64)70-38-40(71-48(65)30-28-26-24-22-20-18-16-14-12-10-8-6-4-2)39-72-36-35-44(59)57(54)49(43(58)37-53)51(67)55-41(31-33-45(60)61)50(66)56-42(52(68)69)32-34-46(62)63/h40-42,49H,3-39,53-54H2,1-2H3,(H,55,67)(H,56,66)(H,60,61)(H,62,63)(H,68,69)/t40-,41+,42+,49-/m1/s1. The summed E-state index contributed by atoms with van der Waals surface area (Å²) in [5, 5.41) is 32.3. The smallest absolute Gasteiger partial charge is 0.326 e. The lowest BCUT2D eigenvalue weighted by molar-refractivity contribution is -0.157. The van der Waals surface area contributed by atoms with E-state index in [1.807, 2.05) is 0 Å². The molecule has 9 N–H and O–H groups in total. The highest BCUT2D eigenvalue weighted by atomic mass is 32.2. The maximum absolute atomic E-state index is 13.5. The van der Waals surface area contributed by atoms with Crippen molar-refractivity contribution in [3.63, 3.8) is 0 Å². The average molecular weight is 1040 g/mol. The summed E-state index contributed by atoms with van der Waals surface area (Å²) in [6.45, 7) is 3.50. The van der Waals surface area contributed by atoms with Crippen molar-refractivity contribution < 1.29 is 67.9 Å². The fourth-order valence-corrected chi connectivity index (χ4v) is 8.88. The van der Waals surface area contributed by atoms with E-state index >= 15 is 0 Å². The van der Waals surface area contributed by atoms with Crippen LogP contribution >= 0.6 is 11.8 Å². The number of nitrogens with one attached hydrogen (secondary N) is 2. The van der Waals surface area contributed by atoms with E-state index in [1.165, 1.54) is 127 Å². The lowest BCUT2D eigenvalue weighted by Crippen LogP contribution is -2.61. The van der Waals surface area contributed by atoms with Gasteiger partial charge in [-0.25, -0.2) is 10.6 Å². The van der Waals surface area contributed by atoms with Crippen molar-refractivity contribution in [1.29, 1.82) is 0 Å². The first-order valence-corrected chi connectivity index (χ1v) is 28.2. The summed E-state index contributed by atoms with van der Waals surface area (Å²) in [4.78, 5) is 112. The van der Waals surface area contributed by atoms with Gasteiger partial charge in [0.05, 0.1) is 6.54 Å². The molecule has 0 aromatic carbocycles. The van der Waals surface area contributed by atoms with E-state index in [9.17, 15) is 53.4 Å². The van der Waals surface area contributed by atoms with Crippen LogP contribution in [0.25, 0.3) is 0 Å². The van der Waals surface area contributed by atoms with Gasteiger partial charge in [-0.2, -0.15) is 11.8 Å². The fraction of sp³-hybridized carbons (Fsp3) is 0.827. The number of hydrogen-bond acceptors (Lipinski definition) is 14. The first kappa shape index (κ1) is 67.7. The number of carboxylic acids is 3. The Kier molecular flexibility index (Phi) is 42.6. The largest absolute Gasteiger partial charge is 0.481 e. The van der Waals surface area contributed by atoms with Crippen LogP contribution in [-0.2, 0) is 52.6 Å². The van der Waals surface area contributed by atoms with Gasteiger partial charge in [-0.15, -0.1) is 0 Å². The molecule has 416 valence electrons. The van der Waals surface area contributed by atoms with E-state index in [0.29, 0.717) is 17.9 Å². The first-order chi connectivity index (χ1) is 34.6. The van der Waals surface area contributed by atoms with Gasteiger partial charge in [0.25, 0.3) is 5.91 Å². The van der Waals surface area contributed by atoms with E-state index in [0.717, 1.165) is 38.5 Å². The minimum atomic E-state index is -2.07. The van der Waals surface area contributed by atoms with Crippen molar-refractivity contribution >= 4 is 65.1 Å². The third kappa shape index (κ3) is 37.4. The summed E-state index contributed by atoms with van der Waals surface area (Å²) in [6, 6.07) is -5.51. The second-order valence-corrected chi connectivity index (χ2v) is 20.0. The number of amides is 3. The number of ether oxygens (including phenoxy) is 2. The Bertz CT molecular complexity index is 1560. The van der Waals surface area contributed by atoms with Crippen molar-refractivity contribution in [1.82, 2.24) is 15.6 Å². The van der Waals surface area contributed by atoms with E-state index < -0.39 is 110 Å². The molecule has 19 nitrogen and oxygen atoms in total. The molecule has 0 aliphatic rings. The van der Waals surface area contributed by atoms with E-state index in [2.05, 4.69) is 24.5 Å². The van der Waals surface area contributed by atoms with Gasteiger partial charge < -0.3 is 41.2 Å². The minimum absolute atomic E-state index is 0.0636. The second-order valence-electron chi connectivity index (χ2n) is 18.8. The van der Waals surface area contributed by atoms with Crippen LogP contribution in [0.2, 0.25) is 0 Å². The predicted molar refractivity (Wildman–Crippen MR) is 278 cm³/mol. The van der Waals surface area contributed by atoms with Crippen molar-refractivity contribution in [3.05, 3.63) is 0 Å². The highest BCUT2D eigenvalue weighted by molar-refractivity contribution is 7.99. The zero-order valence-corrected chi connectivity index (χ0v) is 44.6. The number of esters is 2. The minimum Gasteiger partial charge on any atom is -0.481 e. The molecule has 0 aromatic heterocycles. The average Bonchev–Trinajstić information content (AvgIpc) is 3.34. The van der Waals surface area contributed by atoms with Crippen LogP contribution in [0.3, 0.4) is 0 Å². The maximum atomic E-state index is 13.5. The molecule has 0 unspecified atom stereocenters. The highest BCUT2D eigenvalue weighted by Gasteiger charge is 2.36. The molecule has 0 heterocycles. The molecule has 0 fully saturated rings. The Labute approximate surface area is 433 Å². The van der Waals surface area contributed by atoms with Gasteiger partial charge in [-0.1, -0.05) is 168 Å². The number of carbonyl (C=O) groups excluding carboxylic acids is 6. The van der Waals surface area contributed by atoms with Crippen LogP contribution in [0, 0.1) is 0 Å². The van der Waals surface area contributed by atoms with E-state index in [-0.39, 0.29) is 37.4 Å². The summed E-state index contributed by atoms with van der Waals surface area (Å²) in [7, 11) is 0. The van der Waals surface area contributed by atoms with Crippen molar-refractivity contribution in [2.75, 3.05) is 24.7 Å². The van der Waals surface area contributed by atoms with Crippen LogP contribution in [-0.4, -0.2) is 123 Å². The van der Waals surface area contributed by atoms with Crippen molar-refractivity contribution in [3.8, 4) is 0 Å². The highest BCUT2D eigenvalue weighted by Crippen LogP contribution is 2.17. The van der Waals surface area contributed by atoms with Crippen LogP contribution in [0.1, 0.15) is 226 Å². The molecule has 0 aliphatic carbocycles. The maximum Gasteiger partial charge on any atom is 0.326 e. The molecule has 0 saturated carbocycles. The third-order valence-corrected chi connectivity index (χ3v) is 13.4. The number of carbonyl (C=O) groups is 9. The molecule has 72 heavy (non-hydrogen) atoms. The molecule has 0 aromatic rings. The molecular weight excluding hydrogens is 951 g/mol. The van der Waals surface area contributed by atoms with Gasteiger partial charge in [-0.05, 0) is 25.7 Å². The number of ketones is 1. The number of hydrogen-bond donors (Lipinski definition) is 7. The first-order valence-electron chi connectivity index (χ1n) is 27.1. The molecular formula is C52H93N5O14S. The molecule has 0 spiro atoms. The van der Waals surface area contributed by atoms with Crippen LogP contribution in [0.5, 0.6) is 0 Å². The normalized spacial score (nSPS) is 12.8. The van der Waals surface area contributed by atoms with Gasteiger partial charge in [0.1, 0.15) is 24.8 Å². The molecule has 20 heteroatoms. The number of hydrazine groups is 1. The lowest BCUT2D eigenvalue weighted by atomic mass is 10.0. The Hall–Kier alpha value is -4.30. The number of carboxylic acid groups (broad SMARTS) is 3. The number of thioether (sulfide) groups is 1. The van der Waals surface area contributed by atoms with E-state index in [4.69, 9.17) is 26.2 Å². The summed E-state index contributed by atoms with van der Waals surface area (Å²) < 4.78 is 11.3. The Balaban J connectivity index is 5.39. The topological polar surface area (TPSA) is 312 Å². The third-order valence-electron chi connectivity index (χ3n) is 12.3. The zero-order valence-electron chi connectivity index (χ0n) is 43.8. The number of nitrogens with two attached hydrogens (primary N) is 2. The monoisotopic (exact) mass is 1040 g/mol. The Morgan fingerprint density at radius 3 is 1.35 bits per heavy atom. The predicted octanol–water partition coefficient (Wildman–Crippen LogP) is 7.91. The SMILES string of the molecule is CCCCCCCCCCCCCCCC(=O)OC[C@H](CSCCC(=O)N(N)[C@H](C(=O)CN)C(=O)N[C@@H](CCC(=O)O)C(=O)N[C@@H](CCC(=O)O)C(=O)O)OC(=O)CCCCCCCCCCCCCCC. The van der Waals surface area contributed by atoms with E-state index in [1.54, 1.807) is 0 Å². The zero-order chi connectivity index (χ0) is 53.8. The number of rotatable bonds is 50. The Morgan fingerprint density at radius 2 is 0.931 bits per heavy atom.